The lowest BCUT2D eigenvalue weighted by Gasteiger charge is -2.13. The Morgan fingerprint density at radius 1 is 1.36 bits per heavy atom. The smallest absolute Gasteiger partial charge is 0.416 e. The molecule has 1 aliphatic heterocycles. The third kappa shape index (κ3) is 4.59. The Kier molecular flexibility index (Phi) is 5.23. The number of rotatable bonds is 5. The Bertz CT molecular complexity index is 528. The molecule has 22 heavy (non-hydrogen) atoms. The normalized spacial score (nSPS) is 18.3. The zero-order valence-corrected chi connectivity index (χ0v) is 11.7. The molecule has 0 saturated carbocycles. The molecular weight excluding hydrogens is 304 g/mol. The maximum absolute atomic E-state index is 13.1. The summed E-state index contributed by atoms with van der Waals surface area (Å²) in [5, 5.41) is 5.63. The molecule has 1 fully saturated rings. The summed E-state index contributed by atoms with van der Waals surface area (Å²) < 4.78 is 55.8. The summed E-state index contributed by atoms with van der Waals surface area (Å²) in [6.45, 7) is 0.881. The second-order valence-electron chi connectivity index (χ2n) is 4.96. The van der Waals surface area contributed by atoms with Crippen LogP contribution in [0.2, 0.25) is 0 Å². The SMILES string of the molecule is O=C(NCCOc1cc(F)cc(C(F)(F)F)c1)[C@H]1CCCN1. The molecule has 1 aliphatic rings. The van der Waals surface area contributed by atoms with Crippen molar-refractivity contribution in [1.82, 2.24) is 10.6 Å². The minimum absolute atomic E-state index is 0.0424. The topological polar surface area (TPSA) is 50.4 Å². The van der Waals surface area contributed by atoms with E-state index in [1.165, 1.54) is 0 Å². The highest BCUT2D eigenvalue weighted by Gasteiger charge is 2.31. The molecule has 1 amide bonds. The summed E-state index contributed by atoms with van der Waals surface area (Å²) in [4.78, 5) is 11.7. The lowest BCUT2D eigenvalue weighted by atomic mass is 10.2. The number of ether oxygens (including phenoxy) is 1. The van der Waals surface area contributed by atoms with Crippen LogP contribution in [0.25, 0.3) is 0 Å². The highest BCUT2D eigenvalue weighted by atomic mass is 19.4. The van der Waals surface area contributed by atoms with Crippen molar-refractivity contribution in [3.63, 3.8) is 0 Å². The van der Waals surface area contributed by atoms with Crippen LogP contribution in [0.4, 0.5) is 17.6 Å². The molecule has 0 aliphatic carbocycles. The third-order valence-electron chi connectivity index (χ3n) is 3.25. The number of halogens is 4. The molecule has 0 bridgehead atoms. The molecule has 1 atom stereocenters. The molecule has 0 spiro atoms. The van der Waals surface area contributed by atoms with Gasteiger partial charge in [-0.2, -0.15) is 13.2 Å². The molecule has 1 aromatic rings. The fourth-order valence-corrected chi connectivity index (χ4v) is 2.18. The van der Waals surface area contributed by atoms with Gasteiger partial charge in [-0.25, -0.2) is 4.39 Å². The van der Waals surface area contributed by atoms with Crippen LogP contribution in [0.5, 0.6) is 5.75 Å². The maximum Gasteiger partial charge on any atom is 0.416 e. The zero-order valence-electron chi connectivity index (χ0n) is 11.7. The molecule has 1 saturated heterocycles. The highest BCUT2D eigenvalue weighted by Crippen LogP contribution is 2.32. The molecule has 1 heterocycles. The molecule has 122 valence electrons. The number of carbonyl (C=O) groups is 1. The number of amides is 1. The number of benzene rings is 1. The van der Waals surface area contributed by atoms with E-state index in [9.17, 15) is 22.4 Å². The van der Waals surface area contributed by atoms with E-state index in [1.807, 2.05) is 0 Å². The van der Waals surface area contributed by atoms with Gasteiger partial charge in [0.1, 0.15) is 18.2 Å². The number of carbonyl (C=O) groups excluding carboxylic acids is 1. The molecule has 0 aromatic heterocycles. The summed E-state index contributed by atoms with van der Waals surface area (Å²) in [7, 11) is 0. The third-order valence-corrected chi connectivity index (χ3v) is 3.25. The summed E-state index contributed by atoms with van der Waals surface area (Å²) in [5.74, 6) is -1.42. The second-order valence-corrected chi connectivity index (χ2v) is 4.96. The van der Waals surface area contributed by atoms with Gasteiger partial charge in [0, 0.05) is 6.07 Å². The Morgan fingerprint density at radius 3 is 2.77 bits per heavy atom. The number of hydrogen-bond donors (Lipinski definition) is 2. The van der Waals surface area contributed by atoms with Crippen LogP contribution in [0.3, 0.4) is 0 Å². The zero-order chi connectivity index (χ0) is 16.2. The standard InChI is InChI=1S/C14H16F4N2O2/c15-10-6-9(14(16,17)18)7-11(8-10)22-5-4-20-13(21)12-2-1-3-19-12/h6-8,12,19H,1-5H2,(H,20,21)/t12-/m1/s1. The Labute approximate surface area is 124 Å². The molecular formula is C14H16F4N2O2. The van der Waals surface area contributed by atoms with Crippen LogP contribution in [-0.4, -0.2) is 31.6 Å². The number of nitrogens with one attached hydrogen (secondary N) is 2. The van der Waals surface area contributed by atoms with Crippen LogP contribution in [-0.2, 0) is 11.0 Å². The largest absolute Gasteiger partial charge is 0.492 e. The number of hydrogen-bond acceptors (Lipinski definition) is 3. The lowest BCUT2D eigenvalue weighted by Crippen LogP contribution is -2.41. The van der Waals surface area contributed by atoms with Gasteiger partial charge in [0.2, 0.25) is 5.91 Å². The average molecular weight is 320 g/mol. The monoisotopic (exact) mass is 320 g/mol. The van der Waals surface area contributed by atoms with E-state index >= 15 is 0 Å². The fourth-order valence-electron chi connectivity index (χ4n) is 2.18. The summed E-state index contributed by atoms with van der Waals surface area (Å²) >= 11 is 0. The average Bonchev–Trinajstić information content (AvgIpc) is 2.96. The van der Waals surface area contributed by atoms with Crippen molar-refractivity contribution in [1.29, 1.82) is 0 Å². The first-order chi connectivity index (χ1) is 10.4. The second kappa shape index (κ2) is 6.95. The molecule has 0 radical (unpaired) electrons. The van der Waals surface area contributed by atoms with Crippen molar-refractivity contribution in [3.8, 4) is 5.75 Å². The van der Waals surface area contributed by atoms with Crippen molar-refractivity contribution in [3.05, 3.63) is 29.6 Å². The van der Waals surface area contributed by atoms with Crippen molar-refractivity contribution < 1.29 is 27.1 Å². The minimum Gasteiger partial charge on any atom is -0.492 e. The van der Waals surface area contributed by atoms with Crippen LogP contribution >= 0.6 is 0 Å². The van der Waals surface area contributed by atoms with Crippen LogP contribution in [0.15, 0.2) is 18.2 Å². The summed E-state index contributed by atoms with van der Waals surface area (Å²) in [6, 6.07) is 1.77. The van der Waals surface area contributed by atoms with Gasteiger partial charge in [0.25, 0.3) is 0 Å². The van der Waals surface area contributed by atoms with E-state index in [0.717, 1.165) is 31.5 Å². The van der Waals surface area contributed by atoms with E-state index < -0.39 is 17.6 Å². The van der Waals surface area contributed by atoms with Crippen molar-refractivity contribution >= 4 is 5.91 Å². The predicted octanol–water partition coefficient (Wildman–Crippen LogP) is 2.09. The minimum atomic E-state index is -4.64. The van der Waals surface area contributed by atoms with Gasteiger partial charge in [-0.3, -0.25) is 4.79 Å². The Hall–Kier alpha value is -1.83. The van der Waals surface area contributed by atoms with Gasteiger partial charge in [-0.05, 0) is 31.5 Å². The van der Waals surface area contributed by atoms with Gasteiger partial charge in [-0.1, -0.05) is 0 Å². The van der Waals surface area contributed by atoms with E-state index in [0.29, 0.717) is 6.07 Å². The first-order valence-electron chi connectivity index (χ1n) is 6.88. The van der Waals surface area contributed by atoms with E-state index in [4.69, 9.17) is 4.74 Å². The van der Waals surface area contributed by atoms with E-state index in [2.05, 4.69) is 10.6 Å². The lowest BCUT2D eigenvalue weighted by molar-refractivity contribution is -0.137. The van der Waals surface area contributed by atoms with Gasteiger partial charge >= 0.3 is 6.18 Å². The van der Waals surface area contributed by atoms with E-state index in [1.54, 1.807) is 0 Å². The van der Waals surface area contributed by atoms with Crippen molar-refractivity contribution in [2.24, 2.45) is 0 Å². The molecule has 8 heteroatoms. The first kappa shape index (κ1) is 16.5. The highest BCUT2D eigenvalue weighted by molar-refractivity contribution is 5.81. The van der Waals surface area contributed by atoms with Crippen molar-refractivity contribution in [2.45, 2.75) is 25.1 Å². The van der Waals surface area contributed by atoms with Crippen molar-refractivity contribution in [2.75, 3.05) is 19.7 Å². The van der Waals surface area contributed by atoms with Crippen LogP contribution in [0.1, 0.15) is 18.4 Å². The van der Waals surface area contributed by atoms with E-state index in [-0.39, 0.29) is 30.9 Å². The molecule has 2 rings (SSSR count). The molecule has 4 nitrogen and oxygen atoms in total. The van der Waals surface area contributed by atoms with Gasteiger partial charge in [0.15, 0.2) is 0 Å². The predicted molar refractivity (Wildman–Crippen MR) is 70.9 cm³/mol. The summed E-state index contributed by atoms with van der Waals surface area (Å²) in [5.41, 5.74) is -1.11. The van der Waals surface area contributed by atoms with Gasteiger partial charge in [-0.15, -0.1) is 0 Å². The fraction of sp³-hybridized carbons (Fsp3) is 0.500. The summed E-state index contributed by atoms with van der Waals surface area (Å²) in [6.07, 6.45) is -2.95. The van der Waals surface area contributed by atoms with Gasteiger partial charge < -0.3 is 15.4 Å². The number of alkyl halides is 3. The van der Waals surface area contributed by atoms with Crippen LogP contribution < -0.4 is 15.4 Å². The first-order valence-corrected chi connectivity index (χ1v) is 6.88. The molecule has 2 N–H and O–H groups in total. The molecule has 1 aromatic carbocycles. The Balaban J connectivity index is 1.81. The van der Waals surface area contributed by atoms with Gasteiger partial charge in [0.05, 0.1) is 18.2 Å². The maximum atomic E-state index is 13.1. The van der Waals surface area contributed by atoms with Crippen LogP contribution in [0, 0.1) is 5.82 Å². The quantitative estimate of drug-likeness (QED) is 0.645. The Morgan fingerprint density at radius 2 is 2.14 bits per heavy atom. The molecule has 0 unspecified atom stereocenters.